The molecule has 0 radical (unpaired) electrons. The zero-order chi connectivity index (χ0) is 28.1. The second-order valence-corrected chi connectivity index (χ2v) is 13.6. The molecular formula is C30H34IN6O3P. The van der Waals surface area contributed by atoms with Gasteiger partial charge in [0.1, 0.15) is 11.6 Å². The van der Waals surface area contributed by atoms with E-state index < -0.39 is 0 Å². The Labute approximate surface area is 254 Å². The summed E-state index contributed by atoms with van der Waals surface area (Å²) in [5.74, 6) is 2.28. The Balaban J connectivity index is 1.23. The first-order chi connectivity index (χ1) is 20.0. The molecule has 4 aromatic rings. The van der Waals surface area contributed by atoms with Crippen LogP contribution in [0.4, 0.5) is 0 Å². The number of carbonyl (C=O) groups is 1. The van der Waals surface area contributed by atoms with Crippen molar-refractivity contribution in [1.29, 1.82) is 0 Å². The smallest absolute Gasteiger partial charge is 0.260 e. The van der Waals surface area contributed by atoms with Gasteiger partial charge in [-0.25, -0.2) is 9.44 Å². The lowest BCUT2D eigenvalue weighted by molar-refractivity contribution is -0.137. The Morgan fingerprint density at radius 3 is 2.61 bits per heavy atom. The van der Waals surface area contributed by atoms with Gasteiger partial charge in [-0.15, -0.1) is 0 Å². The largest absolute Gasteiger partial charge is 0.484 e. The second-order valence-electron chi connectivity index (χ2n) is 11.6. The van der Waals surface area contributed by atoms with Crippen molar-refractivity contribution in [1.82, 2.24) is 29.3 Å². The van der Waals surface area contributed by atoms with Crippen molar-refractivity contribution in [2.24, 2.45) is 12.5 Å². The summed E-state index contributed by atoms with van der Waals surface area (Å²) in [6.45, 7) is 6.85. The van der Waals surface area contributed by atoms with Crippen molar-refractivity contribution in [3.8, 4) is 28.3 Å². The standard InChI is InChI=1S/C30H34IN6O3P/c1-19-3-8-24-23(15-33-37(24)41-31)26(19)28-27(34-29(35(28)2)21-13-30(14-21)17-32-18-30)20-4-6-22(7-5-20)40-16-25(38)36-9-11-39-12-10-36/h3-8,15,21,32,41H,9-14,16-18H2,1-2H3. The Morgan fingerprint density at radius 1 is 1.17 bits per heavy atom. The molecule has 3 fully saturated rings. The summed E-state index contributed by atoms with van der Waals surface area (Å²) >= 11 is 2.38. The number of nitrogens with zero attached hydrogens (tertiary/aromatic N) is 5. The minimum Gasteiger partial charge on any atom is -0.484 e. The lowest BCUT2D eigenvalue weighted by Gasteiger charge is -2.54. The van der Waals surface area contributed by atoms with Crippen LogP contribution in [0.2, 0.25) is 0 Å². The van der Waals surface area contributed by atoms with Crippen molar-refractivity contribution in [2.45, 2.75) is 25.7 Å². The predicted molar refractivity (Wildman–Crippen MR) is 170 cm³/mol. The number of benzene rings is 2. The molecule has 11 heteroatoms. The number of imidazole rings is 1. The molecule has 2 aromatic heterocycles. The lowest BCUT2D eigenvalue weighted by atomic mass is 9.58. The molecule has 2 saturated heterocycles. The molecule has 7 rings (SSSR count). The van der Waals surface area contributed by atoms with Gasteiger partial charge in [0.25, 0.3) is 5.91 Å². The number of nitrogens with one attached hydrogen (secondary N) is 1. The average Bonchev–Trinajstić information content (AvgIpc) is 3.52. The SMILES string of the molecule is Cc1ccc2c(cnn2PI)c1-c1c(-c2ccc(OCC(=O)N3CCOCC3)cc2)nc(C2CC3(CNC3)C2)n1C. The van der Waals surface area contributed by atoms with Crippen LogP contribution in [0, 0.1) is 12.3 Å². The first kappa shape index (κ1) is 27.3. The zero-order valence-corrected chi connectivity index (χ0v) is 26.5. The molecule has 1 atom stereocenters. The maximum absolute atomic E-state index is 12.6. The van der Waals surface area contributed by atoms with Crippen molar-refractivity contribution >= 4 is 45.2 Å². The highest BCUT2D eigenvalue weighted by Crippen LogP contribution is 2.54. The molecule has 4 heterocycles. The molecule has 0 bridgehead atoms. The van der Waals surface area contributed by atoms with Gasteiger partial charge >= 0.3 is 0 Å². The maximum atomic E-state index is 12.6. The number of aryl methyl sites for hydroxylation is 1. The van der Waals surface area contributed by atoms with Crippen LogP contribution in [0.1, 0.15) is 30.1 Å². The fraction of sp³-hybridized carbons (Fsp3) is 0.433. The third-order valence-corrected chi connectivity index (χ3v) is 10.9. The summed E-state index contributed by atoms with van der Waals surface area (Å²) in [5, 5.41) is 9.30. The van der Waals surface area contributed by atoms with Crippen LogP contribution in [0.5, 0.6) is 5.75 Å². The van der Waals surface area contributed by atoms with Crippen LogP contribution in [-0.2, 0) is 16.6 Å². The molecule has 41 heavy (non-hydrogen) atoms. The molecule has 1 amide bonds. The van der Waals surface area contributed by atoms with E-state index in [4.69, 9.17) is 19.6 Å². The van der Waals surface area contributed by atoms with E-state index >= 15 is 0 Å². The number of fused-ring (bicyclic) bond motifs is 1. The highest BCUT2D eigenvalue weighted by atomic mass is 127. The molecular weight excluding hydrogens is 650 g/mol. The average molecular weight is 685 g/mol. The topological polar surface area (TPSA) is 86.4 Å². The molecule has 214 valence electrons. The normalized spacial score (nSPS) is 18.8. The summed E-state index contributed by atoms with van der Waals surface area (Å²) in [6.07, 6.45) is 4.91. The van der Waals surface area contributed by atoms with E-state index in [1.54, 1.807) is 4.90 Å². The molecule has 1 unspecified atom stereocenters. The number of aromatic nitrogens is 4. The molecule has 1 saturated carbocycles. The highest BCUT2D eigenvalue weighted by molar-refractivity contribution is 14.2. The van der Waals surface area contributed by atoms with E-state index in [1.807, 2.05) is 18.3 Å². The molecule has 3 aliphatic rings. The molecule has 9 nitrogen and oxygen atoms in total. The number of morpholine rings is 1. The quantitative estimate of drug-likeness (QED) is 0.220. The zero-order valence-electron chi connectivity index (χ0n) is 23.3. The summed E-state index contributed by atoms with van der Waals surface area (Å²) in [6, 6.07) is 12.4. The maximum Gasteiger partial charge on any atom is 0.260 e. The van der Waals surface area contributed by atoms with Crippen LogP contribution >= 0.6 is 28.4 Å². The lowest BCUT2D eigenvalue weighted by Crippen LogP contribution is -2.59. The van der Waals surface area contributed by atoms with Crippen LogP contribution in [0.3, 0.4) is 0 Å². The Hall–Kier alpha value is -2.53. The van der Waals surface area contributed by atoms with E-state index in [0.29, 0.717) is 49.8 Å². The first-order valence-electron chi connectivity index (χ1n) is 14.2. The molecule has 1 aliphatic carbocycles. The number of amides is 1. The fourth-order valence-electron chi connectivity index (χ4n) is 6.65. The number of rotatable bonds is 7. The van der Waals surface area contributed by atoms with Gasteiger partial charge in [0.2, 0.25) is 0 Å². The number of hydrogen-bond donors (Lipinski definition) is 1. The van der Waals surface area contributed by atoms with Gasteiger partial charge in [-0.1, -0.05) is 6.07 Å². The number of carbonyl (C=O) groups excluding carboxylic acids is 1. The summed E-state index contributed by atoms with van der Waals surface area (Å²) in [5.41, 5.74) is 7.15. The van der Waals surface area contributed by atoms with E-state index in [-0.39, 0.29) is 12.5 Å². The van der Waals surface area contributed by atoms with Crippen molar-refractivity contribution in [2.75, 3.05) is 46.0 Å². The minimum absolute atomic E-state index is 0.00908. The first-order valence-corrected chi connectivity index (χ1v) is 18.2. The van der Waals surface area contributed by atoms with E-state index in [9.17, 15) is 4.79 Å². The third-order valence-electron chi connectivity index (χ3n) is 8.99. The minimum atomic E-state index is -0.00908. The number of halogens is 1. The summed E-state index contributed by atoms with van der Waals surface area (Å²) in [7, 11) is 2.17. The Morgan fingerprint density at radius 2 is 1.93 bits per heavy atom. The fourth-order valence-corrected chi connectivity index (χ4v) is 8.19. The Bertz CT molecular complexity index is 1600. The van der Waals surface area contributed by atoms with Gasteiger partial charge in [0.15, 0.2) is 6.61 Å². The number of ether oxygens (including phenoxy) is 2. The molecule has 1 N–H and O–H groups in total. The van der Waals surface area contributed by atoms with Gasteiger partial charge in [-0.2, -0.15) is 5.10 Å². The molecule has 2 aromatic carbocycles. The summed E-state index contributed by atoms with van der Waals surface area (Å²) in [4.78, 5) is 19.7. The van der Waals surface area contributed by atoms with Gasteiger partial charge in [0, 0.05) is 55.7 Å². The van der Waals surface area contributed by atoms with Crippen molar-refractivity contribution in [3.63, 3.8) is 0 Å². The Kier molecular flexibility index (Phi) is 7.29. The van der Waals surface area contributed by atoms with Crippen molar-refractivity contribution < 1.29 is 14.3 Å². The van der Waals surface area contributed by atoms with Gasteiger partial charge in [-0.3, -0.25) is 4.79 Å². The van der Waals surface area contributed by atoms with E-state index in [2.05, 4.69) is 74.6 Å². The molecule has 1 spiro atoms. The van der Waals surface area contributed by atoms with Crippen LogP contribution in [0.25, 0.3) is 33.4 Å². The van der Waals surface area contributed by atoms with Crippen LogP contribution < -0.4 is 10.1 Å². The van der Waals surface area contributed by atoms with Gasteiger partial charge < -0.3 is 24.3 Å². The van der Waals surface area contributed by atoms with Crippen LogP contribution in [-0.4, -0.2) is 75.9 Å². The third kappa shape index (κ3) is 4.86. The van der Waals surface area contributed by atoms with Gasteiger partial charge in [0.05, 0.1) is 42.7 Å². The summed E-state index contributed by atoms with van der Waals surface area (Å²) < 4.78 is 15.6. The monoisotopic (exact) mass is 684 g/mol. The van der Waals surface area contributed by atoms with E-state index in [1.165, 1.54) is 24.0 Å². The second kappa shape index (κ2) is 10.9. The van der Waals surface area contributed by atoms with Crippen LogP contribution in [0.15, 0.2) is 42.6 Å². The van der Waals surface area contributed by atoms with Gasteiger partial charge in [-0.05, 0) is 83.1 Å². The molecule has 2 aliphatic heterocycles. The number of hydrogen-bond acceptors (Lipinski definition) is 6. The van der Waals surface area contributed by atoms with E-state index in [0.717, 1.165) is 46.8 Å². The predicted octanol–water partition coefficient (Wildman–Crippen LogP) is 4.91. The highest BCUT2D eigenvalue weighted by Gasteiger charge is 2.50. The van der Waals surface area contributed by atoms with Crippen molar-refractivity contribution in [3.05, 3.63) is 54.0 Å².